The number of rotatable bonds is 0. The van der Waals surface area contributed by atoms with Gasteiger partial charge in [0.1, 0.15) is 0 Å². The fraction of sp³-hybridized carbons (Fsp3) is 1.00. The Morgan fingerprint density at radius 3 is 1.06 bits per heavy atom. The maximum Gasteiger partial charge on any atom is 0.378 e. The molecule has 0 saturated heterocycles. The van der Waals surface area contributed by atoms with Crippen molar-refractivity contribution in [3.05, 3.63) is 0 Å². The van der Waals surface area contributed by atoms with Crippen LogP contribution in [-0.4, -0.2) is 36.0 Å². The third kappa shape index (κ3) is 1.18. The zero-order chi connectivity index (χ0) is 13.2. The van der Waals surface area contributed by atoms with Crippen molar-refractivity contribution in [1.29, 1.82) is 0 Å². The Kier molecular flexibility index (Phi) is 2.46. The Hall–Kier alpha value is -0.700. The van der Waals surface area contributed by atoms with Crippen molar-refractivity contribution in [2.24, 2.45) is 0 Å². The molecular formula is C6H2F10. The summed E-state index contributed by atoms with van der Waals surface area (Å²) < 4.78 is 123. The molecule has 10 heteroatoms. The van der Waals surface area contributed by atoms with E-state index in [2.05, 4.69) is 0 Å². The molecule has 0 nitrogen and oxygen atoms in total. The molecule has 0 aromatic carbocycles. The molecule has 0 radical (unpaired) electrons. The summed E-state index contributed by atoms with van der Waals surface area (Å²) in [5.41, 5.74) is 0. The fourth-order valence-corrected chi connectivity index (χ4v) is 1.15. The van der Waals surface area contributed by atoms with Gasteiger partial charge in [-0.05, 0) is 0 Å². The number of hydrogen-bond donors (Lipinski definition) is 0. The molecule has 0 N–H and O–H groups in total. The minimum Gasteiger partial charge on any atom is -0.234 e. The topological polar surface area (TPSA) is 0 Å². The average Bonchev–Trinajstić information content (AvgIpc) is 2.13. The molecule has 0 aromatic heterocycles. The molecule has 0 unspecified atom stereocenters. The molecule has 0 amide bonds. The first-order valence-electron chi connectivity index (χ1n) is 3.60. The van der Waals surface area contributed by atoms with Gasteiger partial charge in [-0.1, -0.05) is 0 Å². The van der Waals surface area contributed by atoms with Crippen LogP contribution in [0.25, 0.3) is 0 Å². The lowest BCUT2D eigenvalue weighted by Gasteiger charge is -2.44. The van der Waals surface area contributed by atoms with E-state index in [9.17, 15) is 43.9 Å². The summed E-state index contributed by atoms with van der Waals surface area (Å²) in [4.78, 5) is 0. The molecule has 1 rings (SSSR count). The maximum atomic E-state index is 12.3. The van der Waals surface area contributed by atoms with E-state index in [0.717, 1.165) is 0 Å². The van der Waals surface area contributed by atoms with Gasteiger partial charge in [-0.15, -0.1) is 0 Å². The quantitative estimate of drug-likeness (QED) is 0.589. The van der Waals surface area contributed by atoms with Crippen LogP contribution in [0.5, 0.6) is 0 Å². The summed E-state index contributed by atoms with van der Waals surface area (Å²) in [7, 11) is 0. The van der Waals surface area contributed by atoms with Gasteiger partial charge in [0.05, 0.1) is 0 Å². The Balaban J connectivity index is 3.40. The van der Waals surface area contributed by atoms with E-state index >= 15 is 0 Å². The van der Waals surface area contributed by atoms with Crippen molar-refractivity contribution in [2.45, 2.75) is 36.0 Å². The third-order valence-corrected chi connectivity index (χ3v) is 2.15. The molecule has 0 bridgehead atoms. The van der Waals surface area contributed by atoms with Crippen molar-refractivity contribution in [1.82, 2.24) is 0 Å². The predicted molar refractivity (Wildman–Crippen MR) is 29.6 cm³/mol. The van der Waals surface area contributed by atoms with Crippen LogP contribution >= 0.6 is 0 Å². The van der Waals surface area contributed by atoms with Gasteiger partial charge in [0, 0.05) is 0 Å². The van der Waals surface area contributed by atoms with Crippen molar-refractivity contribution in [2.75, 3.05) is 0 Å². The van der Waals surface area contributed by atoms with Crippen molar-refractivity contribution < 1.29 is 43.9 Å². The first-order valence-corrected chi connectivity index (χ1v) is 3.60. The van der Waals surface area contributed by atoms with E-state index in [-0.39, 0.29) is 0 Å². The highest BCUT2D eigenvalue weighted by molar-refractivity contribution is 5.16. The van der Waals surface area contributed by atoms with E-state index in [1.807, 2.05) is 0 Å². The molecular weight excluding hydrogens is 262 g/mol. The second-order valence-corrected chi connectivity index (χ2v) is 3.22. The van der Waals surface area contributed by atoms with Crippen molar-refractivity contribution in [3.8, 4) is 0 Å². The summed E-state index contributed by atoms with van der Waals surface area (Å²) in [6.07, 6.45) is -10.0. The van der Waals surface area contributed by atoms with E-state index < -0.39 is 36.0 Å². The zero-order valence-corrected chi connectivity index (χ0v) is 6.93. The van der Waals surface area contributed by atoms with Gasteiger partial charge >= 0.3 is 23.7 Å². The molecule has 2 atom stereocenters. The van der Waals surface area contributed by atoms with Crippen molar-refractivity contribution in [3.63, 3.8) is 0 Å². The summed E-state index contributed by atoms with van der Waals surface area (Å²) >= 11 is 0. The minimum atomic E-state index is -6.53. The van der Waals surface area contributed by atoms with Crippen LogP contribution in [0.1, 0.15) is 0 Å². The van der Waals surface area contributed by atoms with Gasteiger partial charge < -0.3 is 0 Å². The van der Waals surface area contributed by atoms with E-state index in [1.54, 1.807) is 0 Å². The Morgan fingerprint density at radius 2 is 0.812 bits per heavy atom. The van der Waals surface area contributed by atoms with Crippen LogP contribution in [0, 0.1) is 0 Å². The summed E-state index contributed by atoms with van der Waals surface area (Å²) in [6.45, 7) is 0. The minimum absolute atomic E-state index is 5.02. The summed E-state index contributed by atoms with van der Waals surface area (Å²) in [5.74, 6) is -25.1. The highest BCUT2D eigenvalue weighted by atomic mass is 19.4. The molecule has 0 heterocycles. The van der Waals surface area contributed by atoms with Crippen LogP contribution in [0.4, 0.5) is 43.9 Å². The first kappa shape index (κ1) is 13.4. The Labute approximate surface area is 81.2 Å². The van der Waals surface area contributed by atoms with Crippen molar-refractivity contribution >= 4 is 0 Å². The molecule has 0 aliphatic heterocycles. The second kappa shape index (κ2) is 2.95. The smallest absolute Gasteiger partial charge is 0.234 e. The van der Waals surface area contributed by atoms with Crippen LogP contribution in [0.15, 0.2) is 0 Å². The van der Waals surface area contributed by atoms with E-state index in [1.165, 1.54) is 0 Å². The number of alkyl halides is 10. The first-order chi connectivity index (χ1) is 6.81. The van der Waals surface area contributed by atoms with Gasteiger partial charge in [-0.3, -0.25) is 0 Å². The normalized spacial score (nSPS) is 39.4. The van der Waals surface area contributed by atoms with Gasteiger partial charge in [-0.25, -0.2) is 8.78 Å². The van der Waals surface area contributed by atoms with Gasteiger partial charge in [-0.2, -0.15) is 35.1 Å². The SMILES string of the molecule is F[C@H]1C(F)(F)[C@H](F)C(F)(F)C(F)(F)C1(F)F. The van der Waals surface area contributed by atoms with E-state index in [4.69, 9.17) is 0 Å². The maximum absolute atomic E-state index is 12.3. The monoisotopic (exact) mass is 264 g/mol. The molecule has 1 aliphatic rings. The summed E-state index contributed by atoms with van der Waals surface area (Å²) in [5, 5.41) is 0. The Bertz CT molecular complexity index is 268. The highest BCUT2D eigenvalue weighted by Crippen LogP contribution is 2.60. The third-order valence-electron chi connectivity index (χ3n) is 2.15. The lowest BCUT2D eigenvalue weighted by atomic mass is 9.83. The lowest BCUT2D eigenvalue weighted by Crippen LogP contribution is -2.74. The van der Waals surface area contributed by atoms with Crippen LogP contribution < -0.4 is 0 Å². The van der Waals surface area contributed by atoms with Crippen LogP contribution in [-0.2, 0) is 0 Å². The number of hydrogen-bond acceptors (Lipinski definition) is 0. The van der Waals surface area contributed by atoms with Gasteiger partial charge in [0.2, 0.25) is 12.3 Å². The molecule has 1 fully saturated rings. The summed E-state index contributed by atoms with van der Waals surface area (Å²) in [6, 6.07) is 0. The molecule has 0 aromatic rings. The fourth-order valence-electron chi connectivity index (χ4n) is 1.15. The van der Waals surface area contributed by atoms with Crippen LogP contribution in [0.2, 0.25) is 0 Å². The molecule has 96 valence electrons. The zero-order valence-electron chi connectivity index (χ0n) is 6.93. The average molecular weight is 264 g/mol. The van der Waals surface area contributed by atoms with Crippen LogP contribution in [0.3, 0.4) is 0 Å². The molecule has 1 saturated carbocycles. The van der Waals surface area contributed by atoms with Gasteiger partial charge in [0.15, 0.2) is 0 Å². The molecule has 16 heavy (non-hydrogen) atoms. The predicted octanol–water partition coefficient (Wildman–Crippen LogP) is 3.22. The molecule has 0 spiro atoms. The largest absolute Gasteiger partial charge is 0.378 e. The lowest BCUT2D eigenvalue weighted by molar-refractivity contribution is -0.407. The highest BCUT2D eigenvalue weighted by Gasteiger charge is 2.88. The number of halogens is 10. The standard InChI is InChI=1S/C6H2F10/c7-1-3(9,10)2(8)5(13,14)6(15,16)4(1,11)12/h1-2H/t1-,2-/m0/s1. The molecule has 1 aliphatic carbocycles. The van der Waals surface area contributed by atoms with E-state index in [0.29, 0.717) is 0 Å². The van der Waals surface area contributed by atoms with Gasteiger partial charge in [0.25, 0.3) is 0 Å². The Morgan fingerprint density at radius 1 is 0.562 bits per heavy atom. The second-order valence-electron chi connectivity index (χ2n) is 3.22.